The van der Waals surface area contributed by atoms with Gasteiger partial charge < -0.3 is 20.5 Å². The van der Waals surface area contributed by atoms with Crippen molar-refractivity contribution in [2.45, 2.75) is 0 Å². The number of fused-ring (bicyclic) bond motifs is 1. The van der Waals surface area contributed by atoms with Gasteiger partial charge in [0.05, 0.1) is 10.6 Å². The summed E-state index contributed by atoms with van der Waals surface area (Å²) in [5.41, 5.74) is 6.17. The van der Waals surface area contributed by atoms with E-state index in [9.17, 15) is 9.59 Å². The molecule has 0 aliphatic carbocycles. The maximum absolute atomic E-state index is 12.3. The van der Waals surface area contributed by atoms with Crippen molar-refractivity contribution >= 4 is 29.5 Å². The molecule has 0 unspecified atom stereocenters. The maximum atomic E-state index is 12.3. The van der Waals surface area contributed by atoms with Crippen LogP contribution < -0.4 is 20.5 Å². The van der Waals surface area contributed by atoms with Crippen LogP contribution in [0, 0.1) is 0 Å². The van der Waals surface area contributed by atoms with Gasteiger partial charge in [-0.3, -0.25) is 9.59 Å². The fourth-order valence-corrected chi connectivity index (χ4v) is 2.39. The molecule has 0 saturated carbocycles. The van der Waals surface area contributed by atoms with Crippen molar-refractivity contribution in [3.05, 3.63) is 64.3 Å². The predicted molar refractivity (Wildman–Crippen MR) is 88.7 cm³/mol. The van der Waals surface area contributed by atoms with E-state index in [1.807, 2.05) is 0 Å². The molecule has 2 aromatic carbocycles. The Kier molecular flexibility index (Phi) is 4.39. The van der Waals surface area contributed by atoms with Crippen molar-refractivity contribution in [2.24, 2.45) is 5.73 Å². The second-order valence-electron chi connectivity index (χ2n) is 4.97. The van der Waals surface area contributed by atoms with Gasteiger partial charge in [-0.25, -0.2) is 0 Å². The third-order valence-electron chi connectivity index (χ3n) is 3.34. The van der Waals surface area contributed by atoms with Gasteiger partial charge in [-0.15, -0.1) is 0 Å². The van der Waals surface area contributed by atoms with Crippen LogP contribution in [-0.4, -0.2) is 18.6 Å². The number of rotatable bonds is 4. The van der Waals surface area contributed by atoms with E-state index in [1.165, 1.54) is 6.08 Å². The van der Waals surface area contributed by atoms with E-state index in [-0.39, 0.29) is 23.1 Å². The molecule has 24 heavy (non-hydrogen) atoms. The van der Waals surface area contributed by atoms with Gasteiger partial charge in [0.25, 0.3) is 11.8 Å². The molecule has 0 radical (unpaired) electrons. The second kappa shape index (κ2) is 6.64. The fraction of sp³-hybridized carbons (Fsp3) is 0.0588. The number of benzene rings is 2. The van der Waals surface area contributed by atoms with Crippen molar-refractivity contribution < 1.29 is 19.1 Å². The van der Waals surface area contributed by atoms with E-state index in [0.717, 1.165) is 0 Å². The monoisotopic (exact) mass is 344 g/mol. The van der Waals surface area contributed by atoms with Gasteiger partial charge in [0.1, 0.15) is 5.70 Å². The minimum atomic E-state index is -0.770. The molecule has 0 spiro atoms. The van der Waals surface area contributed by atoms with Crippen molar-refractivity contribution in [1.82, 2.24) is 5.32 Å². The summed E-state index contributed by atoms with van der Waals surface area (Å²) in [4.78, 5) is 23.9. The lowest BCUT2D eigenvalue weighted by Gasteiger charge is -2.08. The number of nitrogens with two attached hydrogens (primary N) is 1. The largest absolute Gasteiger partial charge is 0.454 e. The van der Waals surface area contributed by atoms with Crippen molar-refractivity contribution in [1.29, 1.82) is 0 Å². The molecule has 3 N–H and O–H groups in total. The molecule has 0 bridgehead atoms. The van der Waals surface area contributed by atoms with E-state index in [2.05, 4.69) is 5.32 Å². The number of carbonyl (C=O) groups is 2. The Morgan fingerprint density at radius 3 is 2.62 bits per heavy atom. The maximum Gasteiger partial charge on any atom is 0.265 e. The molecule has 6 nitrogen and oxygen atoms in total. The predicted octanol–water partition coefficient (Wildman–Crippen LogP) is 2.32. The fourth-order valence-electron chi connectivity index (χ4n) is 2.17. The summed E-state index contributed by atoms with van der Waals surface area (Å²) < 4.78 is 10.5. The first-order chi connectivity index (χ1) is 11.5. The summed E-state index contributed by atoms with van der Waals surface area (Å²) in [7, 11) is 0. The Morgan fingerprint density at radius 2 is 1.88 bits per heavy atom. The topological polar surface area (TPSA) is 90.7 Å². The average Bonchev–Trinajstić information content (AvgIpc) is 3.02. The van der Waals surface area contributed by atoms with E-state index in [4.69, 9.17) is 26.8 Å². The smallest absolute Gasteiger partial charge is 0.265 e. The molecular weight excluding hydrogens is 332 g/mol. The lowest BCUT2D eigenvalue weighted by Crippen LogP contribution is -2.31. The van der Waals surface area contributed by atoms with Gasteiger partial charge in [-0.05, 0) is 35.9 Å². The zero-order chi connectivity index (χ0) is 17.1. The molecule has 0 saturated heterocycles. The molecule has 3 rings (SSSR count). The summed E-state index contributed by atoms with van der Waals surface area (Å²) in [6, 6.07) is 11.6. The minimum Gasteiger partial charge on any atom is -0.454 e. The third kappa shape index (κ3) is 3.33. The van der Waals surface area contributed by atoms with Gasteiger partial charge in [0, 0.05) is 0 Å². The number of hydrogen-bond acceptors (Lipinski definition) is 4. The first kappa shape index (κ1) is 15.9. The van der Waals surface area contributed by atoms with Gasteiger partial charge in [0.2, 0.25) is 6.79 Å². The molecule has 2 aromatic rings. The molecule has 7 heteroatoms. The Hall–Kier alpha value is -2.99. The van der Waals surface area contributed by atoms with Gasteiger partial charge >= 0.3 is 0 Å². The highest BCUT2D eigenvalue weighted by Crippen LogP contribution is 2.33. The highest BCUT2D eigenvalue weighted by Gasteiger charge is 2.16. The molecule has 0 fully saturated rings. The zero-order valence-electron chi connectivity index (χ0n) is 12.4. The summed E-state index contributed by atoms with van der Waals surface area (Å²) in [5, 5.41) is 2.76. The number of carbonyl (C=O) groups excluding carboxylic acids is 2. The lowest BCUT2D eigenvalue weighted by molar-refractivity contribution is -0.114. The Labute approximate surface area is 142 Å². The van der Waals surface area contributed by atoms with Gasteiger partial charge in [-0.1, -0.05) is 29.8 Å². The minimum absolute atomic E-state index is 0.0567. The Bertz CT molecular complexity index is 848. The highest BCUT2D eigenvalue weighted by atomic mass is 35.5. The lowest BCUT2D eigenvalue weighted by atomic mass is 10.1. The summed E-state index contributed by atoms with van der Waals surface area (Å²) >= 11 is 5.98. The average molecular weight is 345 g/mol. The van der Waals surface area contributed by atoms with E-state index >= 15 is 0 Å². The number of hydrogen-bond donors (Lipinski definition) is 2. The van der Waals surface area contributed by atoms with Crippen molar-refractivity contribution in [3.63, 3.8) is 0 Å². The molecular formula is C17H13ClN2O4. The van der Waals surface area contributed by atoms with Crippen LogP contribution in [0.25, 0.3) is 6.08 Å². The molecule has 0 aromatic heterocycles. The van der Waals surface area contributed by atoms with Gasteiger partial charge in [0.15, 0.2) is 11.5 Å². The third-order valence-corrected chi connectivity index (χ3v) is 3.67. The SMILES string of the molecule is NC(=O)/C(=C\c1ccc2c(c1)OCO2)NC(=O)c1ccccc1Cl. The van der Waals surface area contributed by atoms with Crippen LogP contribution >= 0.6 is 11.6 Å². The second-order valence-corrected chi connectivity index (χ2v) is 5.38. The van der Waals surface area contributed by atoms with Crippen LogP contribution in [0.3, 0.4) is 0 Å². The van der Waals surface area contributed by atoms with Crippen LogP contribution in [0.15, 0.2) is 48.2 Å². The van der Waals surface area contributed by atoms with E-state index < -0.39 is 11.8 Å². The van der Waals surface area contributed by atoms with Crippen molar-refractivity contribution in [2.75, 3.05) is 6.79 Å². The number of halogens is 1. The summed E-state index contributed by atoms with van der Waals surface area (Å²) in [5.74, 6) is -0.114. The number of primary amides is 1. The standard InChI is InChI=1S/C17H13ClN2O4/c18-12-4-2-1-3-11(12)17(22)20-13(16(19)21)7-10-5-6-14-15(8-10)24-9-23-14/h1-8H,9H2,(H2,19,21)(H,20,22)/b13-7+. The van der Waals surface area contributed by atoms with Crippen LogP contribution in [0.4, 0.5) is 0 Å². The number of ether oxygens (including phenoxy) is 2. The van der Waals surface area contributed by atoms with E-state index in [1.54, 1.807) is 42.5 Å². The Balaban J connectivity index is 1.86. The number of nitrogens with one attached hydrogen (secondary N) is 1. The molecule has 1 aliphatic rings. The number of amides is 2. The first-order valence-electron chi connectivity index (χ1n) is 7.01. The van der Waals surface area contributed by atoms with Crippen LogP contribution in [0.1, 0.15) is 15.9 Å². The van der Waals surface area contributed by atoms with Crippen LogP contribution in [-0.2, 0) is 4.79 Å². The molecule has 0 atom stereocenters. The zero-order valence-corrected chi connectivity index (χ0v) is 13.2. The normalized spacial score (nSPS) is 12.8. The molecule has 1 aliphatic heterocycles. The van der Waals surface area contributed by atoms with Crippen LogP contribution in [0.2, 0.25) is 5.02 Å². The summed E-state index contributed by atoms with van der Waals surface area (Å²) in [6.07, 6.45) is 1.46. The van der Waals surface area contributed by atoms with Crippen LogP contribution in [0.5, 0.6) is 11.5 Å². The molecule has 2 amide bonds. The quantitative estimate of drug-likeness (QED) is 0.833. The first-order valence-corrected chi connectivity index (χ1v) is 7.39. The molecule has 1 heterocycles. The van der Waals surface area contributed by atoms with Crippen molar-refractivity contribution in [3.8, 4) is 11.5 Å². The Morgan fingerprint density at radius 1 is 1.12 bits per heavy atom. The van der Waals surface area contributed by atoms with Gasteiger partial charge in [-0.2, -0.15) is 0 Å². The molecule has 122 valence electrons. The highest BCUT2D eigenvalue weighted by molar-refractivity contribution is 6.34. The summed E-state index contributed by atoms with van der Waals surface area (Å²) in [6.45, 7) is 0.147. The van der Waals surface area contributed by atoms with E-state index in [0.29, 0.717) is 17.1 Å².